The van der Waals surface area contributed by atoms with E-state index < -0.39 is 16.4 Å². The first kappa shape index (κ1) is 10.3. The van der Waals surface area contributed by atoms with E-state index in [1.165, 1.54) is 7.11 Å². The van der Waals surface area contributed by atoms with Crippen LogP contribution in [0, 0.1) is 16.0 Å². The summed E-state index contributed by atoms with van der Waals surface area (Å²) in [6.07, 6.45) is 0.594. The number of carbonyl (C=O) groups excluding carboxylic acids is 1. The third-order valence-electron chi connectivity index (χ3n) is 3.98. The number of hydrogen-bond acceptors (Lipinski definition) is 4. The van der Waals surface area contributed by atoms with Gasteiger partial charge in [-0.15, -0.1) is 0 Å². The standard InChI is InChI=1S/C12H11NO4/c1-17-11(14)12(13(15)16)9-6-7-4-2-3-5-8(7)10(9)12/h2-5,9-10H,6H2,1H3/t9-,10+,12+/m1/s1. The Bertz CT molecular complexity index is 527. The Hall–Kier alpha value is -1.91. The Balaban J connectivity index is 2.06. The monoisotopic (exact) mass is 233 g/mol. The predicted octanol–water partition coefficient (Wildman–Crippen LogP) is 1.14. The lowest BCUT2D eigenvalue weighted by molar-refractivity contribution is -0.530. The van der Waals surface area contributed by atoms with Crippen molar-refractivity contribution in [3.05, 3.63) is 45.5 Å². The predicted molar refractivity (Wildman–Crippen MR) is 58.1 cm³/mol. The summed E-state index contributed by atoms with van der Waals surface area (Å²) in [4.78, 5) is 22.4. The fourth-order valence-corrected chi connectivity index (χ4v) is 3.20. The molecule has 88 valence electrons. The molecule has 3 atom stereocenters. The summed E-state index contributed by atoms with van der Waals surface area (Å²) in [6.45, 7) is 0. The number of esters is 1. The van der Waals surface area contributed by atoms with Crippen LogP contribution >= 0.6 is 0 Å². The van der Waals surface area contributed by atoms with Gasteiger partial charge in [0.1, 0.15) is 0 Å². The molecule has 0 unspecified atom stereocenters. The Morgan fingerprint density at radius 2 is 2.24 bits per heavy atom. The number of hydrogen-bond donors (Lipinski definition) is 0. The van der Waals surface area contributed by atoms with Crippen molar-refractivity contribution in [1.82, 2.24) is 0 Å². The molecular weight excluding hydrogens is 222 g/mol. The van der Waals surface area contributed by atoms with Crippen LogP contribution in [0.5, 0.6) is 0 Å². The number of ether oxygens (including phenoxy) is 1. The molecule has 1 saturated carbocycles. The number of benzene rings is 1. The molecule has 0 heterocycles. The Labute approximate surface area is 97.5 Å². The molecule has 0 amide bonds. The van der Waals surface area contributed by atoms with Crippen LogP contribution in [-0.4, -0.2) is 23.5 Å². The van der Waals surface area contributed by atoms with Crippen LogP contribution in [0.25, 0.3) is 0 Å². The molecule has 0 aromatic heterocycles. The van der Waals surface area contributed by atoms with Crippen LogP contribution in [0.3, 0.4) is 0 Å². The SMILES string of the molecule is COC(=O)[C@]1([N+](=O)[O-])[C@@H]2Cc3ccccc3[C@@H]21. The second-order valence-electron chi connectivity index (χ2n) is 4.56. The van der Waals surface area contributed by atoms with Gasteiger partial charge < -0.3 is 4.74 Å². The molecule has 5 heteroatoms. The Kier molecular flexibility index (Phi) is 1.85. The van der Waals surface area contributed by atoms with Crippen molar-refractivity contribution in [2.75, 3.05) is 7.11 Å². The molecule has 0 radical (unpaired) electrons. The van der Waals surface area contributed by atoms with Gasteiger partial charge >= 0.3 is 11.5 Å². The first-order valence-corrected chi connectivity index (χ1v) is 5.44. The summed E-state index contributed by atoms with van der Waals surface area (Å²) < 4.78 is 4.61. The van der Waals surface area contributed by atoms with Crippen LogP contribution in [0.4, 0.5) is 0 Å². The molecule has 1 aromatic rings. The summed E-state index contributed by atoms with van der Waals surface area (Å²) in [5.74, 6) is -1.25. The van der Waals surface area contributed by atoms with Crippen LogP contribution in [0.2, 0.25) is 0 Å². The van der Waals surface area contributed by atoms with Gasteiger partial charge in [0.2, 0.25) is 0 Å². The van der Waals surface area contributed by atoms with Crippen LogP contribution in [0.15, 0.2) is 24.3 Å². The van der Waals surface area contributed by atoms with E-state index in [1.807, 2.05) is 24.3 Å². The van der Waals surface area contributed by atoms with Crippen molar-refractivity contribution in [3.8, 4) is 0 Å². The van der Waals surface area contributed by atoms with Crippen LogP contribution in [0.1, 0.15) is 17.0 Å². The van der Waals surface area contributed by atoms with Gasteiger partial charge in [0, 0.05) is 4.92 Å². The number of methoxy groups -OCH3 is 1. The van der Waals surface area contributed by atoms with Gasteiger partial charge in [0.15, 0.2) is 0 Å². The smallest absolute Gasteiger partial charge is 0.385 e. The fourth-order valence-electron chi connectivity index (χ4n) is 3.20. The molecule has 0 bridgehead atoms. The van der Waals surface area contributed by atoms with Gasteiger partial charge in [0.25, 0.3) is 0 Å². The maximum atomic E-state index is 11.7. The van der Waals surface area contributed by atoms with Gasteiger partial charge in [0.05, 0.1) is 18.9 Å². The number of fused-ring (bicyclic) bond motifs is 3. The number of nitrogens with zero attached hydrogens (tertiary/aromatic N) is 1. The molecule has 5 nitrogen and oxygen atoms in total. The first-order chi connectivity index (χ1) is 8.14. The highest BCUT2D eigenvalue weighted by Crippen LogP contribution is 2.66. The zero-order valence-corrected chi connectivity index (χ0v) is 9.25. The van der Waals surface area contributed by atoms with Crippen molar-refractivity contribution < 1.29 is 14.5 Å². The molecule has 0 saturated heterocycles. The first-order valence-electron chi connectivity index (χ1n) is 5.44. The summed E-state index contributed by atoms with van der Waals surface area (Å²) in [6, 6.07) is 7.59. The largest absolute Gasteiger partial charge is 0.464 e. The molecular formula is C12H11NO4. The van der Waals surface area contributed by atoms with Gasteiger partial charge in [-0.25, -0.2) is 4.79 Å². The number of nitro groups is 1. The zero-order valence-electron chi connectivity index (χ0n) is 9.25. The van der Waals surface area contributed by atoms with Crippen LogP contribution in [-0.2, 0) is 16.0 Å². The van der Waals surface area contributed by atoms with E-state index in [-0.39, 0.29) is 11.8 Å². The molecule has 0 N–H and O–H groups in total. The van der Waals surface area contributed by atoms with E-state index in [0.717, 1.165) is 11.1 Å². The van der Waals surface area contributed by atoms with Crippen molar-refractivity contribution in [1.29, 1.82) is 0 Å². The summed E-state index contributed by atoms with van der Waals surface area (Å²) in [7, 11) is 1.20. The Morgan fingerprint density at radius 1 is 1.53 bits per heavy atom. The second-order valence-corrected chi connectivity index (χ2v) is 4.56. The van der Waals surface area contributed by atoms with E-state index >= 15 is 0 Å². The maximum Gasteiger partial charge on any atom is 0.385 e. The van der Waals surface area contributed by atoms with E-state index in [4.69, 9.17) is 0 Å². The number of carbonyl (C=O) groups is 1. The molecule has 17 heavy (non-hydrogen) atoms. The van der Waals surface area contributed by atoms with Gasteiger partial charge in [-0.1, -0.05) is 24.3 Å². The van der Waals surface area contributed by atoms with Crippen LogP contribution < -0.4 is 0 Å². The molecule has 3 rings (SSSR count). The lowest BCUT2D eigenvalue weighted by atomic mass is 9.98. The highest BCUT2D eigenvalue weighted by atomic mass is 16.6. The fraction of sp³-hybridized carbons (Fsp3) is 0.417. The van der Waals surface area contributed by atoms with E-state index in [2.05, 4.69) is 4.74 Å². The molecule has 1 fully saturated rings. The molecule has 2 aliphatic rings. The molecule has 0 aliphatic heterocycles. The van der Waals surface area contributed by atoms with Gasteiger partial charge in [-0.2, -0.15) is 0 Å². The van der Waals surface area contributed by atoms with Gasteiger partial charge in [-0.3, -0.25) is 10.1 Å². The van der Waals surface area contributed by atoms with Gasteiger partial charge in [-0.05, 0) is 17.5 Å². The Morgan fingerprint density at radius 3 is 2.88 bits per heavy atom. The van der Waals surface area contributed by atoms with Crippen molar-refractivity contribution in [3.63, 3.8) is 0 Å². The lowest BCUT2D eigenvalue weighted by Crippen LogP contribution is -2.38. The highest BCUT2D eigenvalue weighted by Gasteiger charge is 2.84. The van der Waals surface area contributed by atoms with E-state index in [1.54, 1.807) is 0 Å². The topological polar surface area (TPSA) is 69.4 Å². The lowest BCUT2D eigenvalue weighted by Gasteiger charge is -2.12. The molecule has 1 aromatic carbocycles. The zero-order chi connectivity index (χ0) is 12.2. The van der Waals surface area contributed by atoms with Crippen molar-refractivity contribution >= 4 is 5.97 Å². The summed E-state index contributed by atoms with van der Waals surface area (Å²) >= 11 is 0. The second kappa shape index (κ2) is 3.06. The minimum Gasteiger partial charge on any atom is -0.464 e. The molecule has 2 aliphatic carbocycles. The third-order valence-corrected chi connectivity index (χ3v) is 3.98. The third kappa shape index (κ3) is 1.01. The van der Waals surface area contributed by atoms with Crippen molar-refractivity contribution in [2.45, 2.75) is 17.9 Å². The minimum absolute atomic E-state index is 0.234. The minimum atomic E-state index is -1.52. The summed E-state index contributed by atoms with van der Waals surface area (Å²) in [5, 5.41) is 11.2. The summed E-state index contributed by atoms with van der Waals surface area (Å²) in [5.41, 5.74) is 0.520. The van der Waals surface area contributed by atoms with E-state index in [0.29, 0.717) is 6.42 Å². The van der Waals surface area contributed by atoms with E-state index in [9.17, 15) is 14.9 Å². The maximum absolute atomic E-state index is 11.7. The number of rotatable bonds is 2. The van der Waals surface area contributed by atoms with Crippen molar-refractivity contribution in [2.24, 2.45) is 5.92 Å². The highest BCUT2D eigenvalue weighted by molar-refractivity contribution is 5.87. The normalized spacial score (nSPS) is 32.5. The molecule has 0 spiro atoms. The quantitative estimate of drug-likeness (QED) is 0.436. The average molecular weight is 233 g/mol. The average Bonchev–Trinajstić information content (AvgIpc) is 2.84.